The Morgan fingerprint density at radius 1 is 1.16 bits per heavy atom. The molecule has 0 aliphatic heterocycles. The first-order valence-electron chi connectivity index (χ1n) is 7.45. The van der Waals surface area contributed by atoms with Crippen LogP contribution in [-0.2, 0) is 0 Å². The fraction of sp³-hybridized carbons (Fsp3) is 0.647. The van der Waals surface area contributed by atoms with E-state index >= 15 is 0 Å². The van der Waals surface area contributed by atoms with Crippen LogP contribution < -0.4 is 5.32 Å². The third-order valence-corrected chi connectivity index (χ3v) is 4.44. The van der Waals surface area contributed by atoms with E-state index in [0.29, 0.717) is 12.6 Å². The molecule has 106 valence electrons. The number of hydrogen-bond donors (Lipinski definition) is 2. The van der Waals surface area contributed by atoms with Gasteiger partial charge in [0.1, 0.15) is 0 Å². The van der Waals surface area contributed by atoms with Crippen molar-refractivity contribution >= 4 is 0 Å². The predicted octanol–water partition coefficient (Wildman–Crippen LogP) is 3.57. The van der Waals surface area contributed by atoms with Gasteiger partial charge in [-0.3, -0.25) is 0 Å². The van der Waals surface area contributed by atoms with E-state index in [1.54, 1.807) is 0 Å². The average molecular weight is 261 g/mol. The number of aryl methyl sites for hydroxylation is 3. The van der Waals surface area contributed by atoms with Gasteiger partial charge in [0.25, 0.3) is 0 Å². The molecule has 0 amide bonds. The van der Waals surface area contributed by atoms with E-state index in [1.165, 1.54) is 22.3 Å². The van der Waals surface area contributed by atoms with Gasteiger partial charge in [-0.1, -0.05) is 30.5 Å². The van der Waals surface area contributed by atoms with Crippen LogP contribution in [0.3, 0.4) is 0 Å². The molecule has 1 atom stereocenters. The molecular formula is C17H27NO. The Labute approximate surface area is 117 Å². The Balaban J connectivity index is 2.06. The molecule has 19 heavy (non-hydrogen) atoms. The lowest BCUT2D eigenvalue weighted by atomic mass is 9.94. The lowest BCUT2D eigenvalue weighted by Crippen LogP contribution is -2.39. The second-order valence-corrected chi connectivity index (χ2v) is 6.35. The van der Waals surface area contributed by atoms with E-state index in [-0.39, 0.29) is 0 Å². The molecule has 1 aromatic carbocycles. The third kappa shape index (κ3) is 3.37. The van der Waals surface area contributed by atoms with E-state index < -0.39 is 5.60 Å². The van der Waals surface area contributed by atoms with Crippen LogP contribution >= 0.6 is 0 Å². The maximum absolute atomic E-state index is 10.4. The first-order valence-corrected chi connectivity index (χ1v) is 7.45. The summed E-state index contributed by atoms with van der Waals surface area (Å²) in [6.07, 6.45) is 4.21. The Morgan fingerprint density at radius 2 is 1.68 bits per heavy atom. The molecule has 2 N–H and O–H groups in total. The van der Waals surface area contributed by atoms with Crippen LogP contribution in [0.2, 0.25) is 0 Å². The smallest absolute Gasteiger partial charge is 0.0771 e. The summed E-state index contributed by atoms with van der Waals surface area (Å²) >= 11 is 0. The van der Waals surface area contributed by atoms with Crippen LogP contribution in [-0.4, -0.2) is 17.3 Å². The summed E-state index contributed by atoms with van der Waals surface area (Å²) in [4.78, 5) is 0. The summed E-state index contributed by atoms with van der Waals surface area (Å²) in [6.45, 7) is 9.41. The summed E-state index contributed by atoms with van der Waals surface area (Å²) in [5.41, 5.74) is 4.92. The summed E-state index contributed by atoms with van der Waals surface area (Å²) in [5.74, 6) is 0. The van der Waals surface area contributed by atoms with E-state index in [4.69, 9.17) is 0 Å². The topological polar surface area (TPSA) is 32.3 Å². The fourth-order valence-electron chi connectivity index (χ4n) is 3.53. The van der Waals surface area contributed by atoms with Gasteiger partial charge in [-0.25, -0.2) is 0 Å². The lowest BCUT2D eigenvalue weighted by molar-refractivity contribution is 0.0453. The molecule has 2 nitrogen and oxygen atoms in total. The first kappa shape index (κ1) is 14.5. The van der Waals surface area contributed by atoms with Crippen molar-refractivity contribution in [2.45, 2.75) is 65.0 Å². The Hall–Kier alpha value is -0.860. The van der Waals surface area contributed by atoms with Crippen molar-refractivity contribution in [2.75, 3.05) is 6.54 Å². The molecule has 0 aromatic heterocycles. The summed E-state index contributed by atoms with van der Waals surface area (Å²) < 4.78 is 0. The largest absolute Gasteiger partial charge is 0.389 e. The molecule has 2 rings (SSSR count). The number of hydrogen-bond acceptors (Lipinski definition) is 2. The zero-order chi connectivity index (χ0) is 14.0. The summed E-state index contributed by atoms with van der Waals surface area (Å²) in [7, 11) is 0. The van der Waals surface area contributed by atoms with Gasteiger partial charge in [0.15, 0.2) is 0 Å². The third-order valence-electron chi connectivity index (χ3n) is 4.44. The van der Waals surface area contributed by atoms with Crippen molar-refractivity contribution in [3.8, 4) is 0 Å². The molecule has 1 aromatic rings. The van der Waals surface area contributed by atoms with Crippen molar-refractivity contribution in [1.29, 1.82) is 0 Å². The Kier molecular flexibility index (Phi) is 4.32. The van der Waals surface area contributed by atoms with Gasteiger partial charge in [-0.2, -0.15) is 0 Å². The molecule has 0 heterocycles. The van der Waals surface area contributed by atoms with Crippen LogP contribution in [0.5, 0.6) is 0 Å². The average Bonchev–Trinajstić information content (AvgIpc) is 2.73. The molecule has 1 unspecified atom stereocenters. The molecule has 0 saturated heterocycles. The van der Waals surface area contributed by atoms with Gasteiger partial charge < -0.3 is 10.4 Å². The SMILES string of the molecule is Cc1cc(C)c(C(C)NCC2(O)CCCC2)c(C)c1. The first-order chi connectivity index (χ1) is 8.91. The van der Waals surface area contributed by atoms with Gasteiger partial charge in [0.2, 0.25) is 0 Å². The fourth-order valence-corrected chi connectivity index (χ4v) is 3.53. The van der Waals surface area contributed by atoms with Crippen LogP contribution in [0, 0.1) is 20.8 Å². The number of aliphatic hydroxyl groups is 1. The second-order valence-electron chi connectivity index (χ2n) is 6.35. The Morgan fingerprint density at radius 3 is 2.21 bits per heavy atom. The zero-order valence-corrected chi connectivity index (χ0v) is 12.7. The van der Waals surface area contributed by atoms with Crippen molar-refractivity contribution in [1.82, 2.24) is 5.32 Å². The second kappa shape index (κ2) is 5.64. The van der Waals surface area contributed by atoms with E-state index in [1.807, 2.05) is 0 Å². The van der Waals surface area contributed by atoms with Gasteiger partial charge >= 0.3 is 0 Å². The monoisotopic (exact) mass is 261 g/mol. The maximum Gasteiger partial charge on any atom is 0.0771 e. The zero-order valence-electron chi connectivity index (χ0n) is 12.7. The summed E-state index contributed by atoms with van der Waals surface area (Å²) in [6, 6.07) is 4.78. The highest BCUT2D eigenvalue weighted by atomic mass is 16.3. The van der Waals surface area contributed by atoms with Crippen molar-refractivity contribution in [2.24, 2.45) is 0 Å². The molecular weight excluding hydrogens is 234 g/mol. The molecule has 1 fully saturated rings. The van der Waals surface area contributed by atoms with Gasteiger partial charge in [0.05, 0.1) is 5.60 Å². The van der Waals surface area contributed by atoms with Crippen LogP contribution in [0.4, 0.5) is 0 Å². The molecule has 1 aliphatic rings. The van der Waals surface area contributed by atoms with Crippen molar-refractivity contribution in [3.63, 3.8) is 0 Å². The predicted molar refractivity (Wildman–Crippen MR) is 80.5 cm³/mol. The lowest BCUT2D eigenvalue weighted by Gasteiger charge is -2.27. The minimum Gasteiger partial charge on any atom is -0.389 e. The van der Waals surface area contributed by atoms with Crippen LogP contribution in [0.1, 0.15) is 60.9 Å². The Bertz CT molecular complexity index is 424. The standard InChI is InChI=1S/C17H27NO/c1-12-9-13(2)16(14(3)10-12)15(4)18-11-17(19)7-5-6-8-17/h9-10,15,18-19H,5-8,11H2,1-4H3. The molecule has 0 radical (unpaired) electrons. The number of benzene rings is 1. The minimum atomic E-state index is -0.471. The van der Waals surface area contributed by atoms with Gasteiger partial charge in [0, 0.05) is 12.6 Å². The van der Waals surface area contributed by atoms with Crippen molar-refractivity contribution < 1.29 is 5.11 Å². The molecule has 2 heteroatoms. The molecule has 0 bridgehead atoms. The van der Waals surface area contributed by atoms with Crippen LogP contribution in [0.15, 0.2) is 12.1 Å². The van der Waals surface area contributed by atoms with Gasteiger partial charge in [-0.15, -0.1) is 0 Å². The van der Waals surface area contributed by atoms with E-state index in [9.17, 15) is 5.11 Å². The highest BCUT2D eigenvalue weighted by Crippen LogP contribution is 2.30. The molecule has 1 aliphatic carbocycles. The number of nitrogens with one attached hydrogen (secondary N) is 1. The van der Waals surface area contributed by atoms with E-state index in [2.05, 4.69) is 45.1 Å². The molecule has 1 saturated carbocycles. The summed E-state index contributed by atoms with van der Waals surface area (Å²) in [5, 5.41) is 13.9. The van der Waals surface area contributed by atoms with E-state index in [0.717, 1.165) is 25.7 Å². The maximum atomic E-state index is 10.4. The normalized spacial score (nSPS) is 19.6. The molecule has 0 spiro atoms. The van der Waals surface area contributed by atoms with Gasteiger partial charge in [-0.05, 0) is 57.2 Å². The minimum absolute atomic E-state index is 0.297. The highest BCUT2D eigenvalue weighted by Gasteiger charge is 2.31. The quantitative estimate of drug-likeness (QED) is 0.868. The highest BCUT2D eigenvalue weighted by molar-refractivity contribution is 5.39. The van der Waals surface area contributed by atoms with Crippen molar-refractivity contribution in [3.05, 3.63) is 34.4 Å². The number of rotatable bonds is 4. The van der Waals surface area contributed by atoms with Crippen LogP contribution in [0.25, 0.3) is 0 Å².